The van der Waals surface area contributed by atoms with E-state index in [1.807, 2.05) is 0 Å². The number of nitrogens with one attached hydrogen (secondary N) is 3. The Balaban J connectivity index is 1.70. The van der Waals surface area contributed by atoms with Crippen LogP contribution in [0.3, 0.4) is 0 Å². The maximum absolute atomic E-state index is 12.4. The van der Waals surface area contributed by atoms with Crippen LogP contribution in [0.4, 0.5) is 10.5 Å². The number of amides is 3. The highest BCUT2D eigenvalue weighted by molar-refractivity contribution is 5.98. The second-order valence-corrected chi connectivity index (χ2v) is 7.30. The van der Waals surface area contributed by atoms with Crippen molar-refractivity contribution in [3.05, 3.63) is 70.9 Å². The maximum Gasteiger partial charge on any atom is 0.338 e. The Kier molecular flexibility index (Phi) is 7.45. The van der Waals surface area contributed by atoms with Crippen molar-refractivity contribution in [1.29, 1.82) is 0 Å². The minimum Gasteiger partial charge on any atom is -0.483 e. The zero-order chi connectivity index (χ0) is 24.0. The Morgan fingerprint density at radius 2 is 1.76 bits per heavy atom. The minimum absolute atomic E-state index is 0.191. The standard InChI is InChI=1S/C24H25N3O6/c1-4-32-23(30)16-9-11-17(12-10-16)26-20(29)13-33-19-8-6-5-7-18(19)22-21(15(3)28)14(2)25-24(31)27-22/h5-12,22H,4,13H2,1-3H3,(H,26,29)(H2,25,27,31)/t22-/m1/s1. The quantitative estimate of drug-likeness (QED) is 0.530. The topological polar surface area (TPSA) is 123 Å². The highest BCUT2D eigenvalue weighted by Gasteiger charge is 2.31. The number of hydrogen-bond acceptors (Lipinski definition) is 6. The molecule has 9 heteroatoms. The van der Waals surface area contributed by atoms with Crippen LogP contribution in [0.1, 0.15) is 42.7 Å². The van der Waals surface area contributed by atoms with Gasteiger partial charge in [-0.1, -0.05) is 18.2 Å². The highest BCUT2D eigenvalue weighted by atomic mass is 16.5. The molecule has 2 aromatic rings. The second-order valence-electron chi connectivity index (χ2n) is 7.30. The molecule has 172 valence electrons. The van der Waals surface area contributed by atoms with Crippen LogP contribution < -0.4 is 20.7 Å². The predicted molar refractivity (Wildman–Crippen MR) is 121 cm³/mol. The molecule has 2 aromatic carbocycles. The third-order valence-electron chi connectivity index (χ3n) is 4.92. The number of ether oxygens (including phenoxy) is 2. The molecule has 1 atom stereocenters. The van der Waals surface area contributed by atoms with Gasteiger partial charge in [0, 0.05) is 22.5 Å². The monoisotopic (exact) mass is 451 g/mol. The summed E-state index contributed by atoms with van der Waals surface area (Å²) in [6.07, 6.45) is 0. The second kappa shape index (κ2) is 10.4. The number of urea groups is 1. The van der Waals surface area contributed by atoms with E-state index in [9.17, 15) is 19.2 Å². The third kappa shape index (κ3) is 5.76. The van der Waals surface area contributed by atoms with Crippen molar-refractivity contribution in [3.8, 4) is 5.75 Å². The number of para-hydroxylation sites is 1. The lowest BCUT2D eigenvalue weighted by atomic mass is 9.92. The molecule has 0 aromatic heterocycles. The average Bonchev–Trinajstić information content (AvgIpc) is 2.77. The lowest BCUT2D eigenvalue weighted by molar-refractivity contribution is -0.118. The third-order valence-corrected chi connectivity index (χ3v) is 4.92. The summed E-state index contributed by atoms with van der Waals surface area (Å²) in [6.45, 7) is 4.79. The summed E-state index contributed by atoms with van der Waals surface area (Å²) < 4.78 is 10.7. The van der Waals surface area contributed by atoms with Crippen LogP contribution >= 0.6 is 0 Å². The molecule has 0 saturated carbocycles. The van der Waals surface area contributed by atoms with Crippen LogP contribution in [0.15, 0.2) is 59.8 Å². The number of carbonyl (C=O) groups is 4. The van der Waals surface area contributed by atoms with E-state index < -0.39 is 23.9 Å². The molecule has 3 rings (SSSR count). The summed E-state index contributed by atoms with van der Waals surface area (Å²) in [5, 5.41) is 8.03. The molecule has 0 bridgehead atoms. The Morgan fingerprint density at radius 3 is 2.42 bits per heavy atom. The zero-order valence-corrected chi connectivity index (χ0v) is 18.6. The Morgan fingerprint density at radius 1 is 1.06 bits per heavy atom. The number of rotatable bonds is 8. The van der Waals surface area contributed by atoms with Crippen molar-refractivity contribution in [3.63, 3.8) is 0 Å². The van der Waals surface area contributed by atoms with E-state index in [-0.39, 0.29) is 19.0 Å². The molecule has 3 N–H and O–H groups in total. The first-order chi connectivity index (χ1) is 15.8. The van der Waals surface area contributed by atoms with Crippen LogP contribution in [0.25, 0.3) is 0 Å². The lowest BCUT2D eigenvalue weighted by Gasteiger charge is -2.29. The van der Waals surface area contributed by atoms with E-state index >= 15 is 0 Å². The number of Topliss-reactive ketones (excluding diaryl/α,β-unsaturated/α-hetero) is 1. The number of anilines is 1. The van der Waals surface area contributed by atoms with Crippen LogP contribution in [0.5, 0.6) is 5.75 Å². The molecule has 33 heavy (non-hydrogen) atoms. The normalized spacial score (nSPS) is 15.2. The summed E-state index contributed by atoms with van der Waals surface area (Å²) in [5.74, 6) is -0.677. The van der Waals surface area contributed by atoms with Crippen molar-refractivity contribution in [2.45, 2.75) is 26.8 Å². The number of esters is 1. The van der Waals surface area contributed by atoms with Crippen molar-refractivity contribution in [2.24, 2.45) is 0 Å². The predicted octanol–water partition coefficient (Wildman–Crippen LogP) is 3.10. The minimum atomic E-state index is -0.703. The first-order valence-electron chi connectivity index (χ1n) is 10.4. The van der Waals surface area contributed by atoms with Crippen molar-refractivity contribution >= 4 is 29.4 Å². The molecule has 0 saturated heterocycles. The molecule has 1 heterocycles. The van der Waals surface area contributed by atoms with Gasteiger partial charge in [0.15, 0.2) is 12.4 Å². The lowest BCUT2D eigenvalue weighted by Crippen LogP contribution is -2.44. The van der Waals surface area contributed by atoms with Crippen molar-refractivity contribution in [2.75, 3.05) is 18.5 Å². The average molecular weight is 451 g/mol. The van der Waals surface area contributed by atoms with Gasteiger partial charge < -0.3 is 25.4 Å². The van der Waals surface area contributed by atoms with E-state index in [1.165, 1.54) is 6.92 Å². The molecule has 0 radical (unpaired) electrons. The van der Waals surface area contributed by atoms with Gasteiger partial charge in [-0.15, -0.1) is 0 Å². The number of ketones is 1. The number of carbonyl (C=O) groups excluding carboxylic acids is 4. The molecular formula is C24H25N3O6. The van der Waals surface area contributed by atoms with Gasteiger partial charge in [0.05, 0.1) is 18.2 Å². The van der Waals surface area contributed by atoms with Crippen LogP contribution in [0.2, 0.25) is 0 Å². The molecule has 1 aliphatic heterocycles. The molecule has 0 spiro atoms. The maximum atomic E-state index is 12.4. The zero-order valence-electron chi connectivity index (χ0n) is 18.6. The van der Waals surface area contributed by atoms with Gasteiger partial charge in [-0.25, -0.2) is 9.59 Å². The van der Waals surface area contributed by atoms with E-state index in [2.05, 4.69) is 16.0 Å². The van der Waals surface area contributed by atoms with Crippen LogP contribution in [0, 0.1) is 0 Å². The van der Waals surface area contributed by atoms with Gasteiger partial charge in [0.1, 0.15) is 5.75 Å². The van der Waals surface area contributed by atoms with E-state index in [1.54, 1.807) is 62.4 Å². The van der Waals surface area contributed by atoms with E-state index in [0.29, 0.717) is 33.8 Å². The molecular weight excluding hydrogens is 426 g/mol. The molecule has 9 nitrogen and oxygen atoms in total. The van der Waals surface area contributed by atoms with Gasteiger partial charge in [0.2, 0.25) is 0 Å². The summed E-state index contributed by atoms with van der Waals surface area (Å²) in [4.78, 5) is 48.3. The van der Waals surface area contributed by atoms with Gasteiger partial charge in [-0.3, -0.25) is 9.59 Å². The van der Waals surface area contributed by atoms with Crippen molar-refractivity contribution < 1.29 is 28.7 Å². The fourth-order valence-corrected chi connectivity index (χ4v) is 3.49. The molecule has 0 aliphatic carbocycles. The fraction of sp³-hybridized carbons (Fsp3) is 0.250. The first kappa shape index (κ1) is 23.5. The van der Waals surface area contributed by atoms with Crippen LogP contribution in [-0.4, -0.2) is 36.9 Å². The van der Waals surface area contributed by atoms with Gasteiger partial charge in [-0.05, 0) is 51.1 Å². The molecule has 0 unspecified atom stereocenters. The van der Waals surface area contributed by atoms with Crippen molar-refractivity contribution in [1.82, 2.24) is 10.6 Å². The first-order valence-corrected chi connectivity index (χ1v) is 10.4. The summed E-state index contributed by atoms with van der Waals surface area (Å²) in [6, 6.07) is 12.1. The number of hydrogen-bond donors (Lipinski definition) is 3. The van der Waals surface area contributed by atoms with Gasteiger partial charge in [0.25, 0.3) is 5.91 Å². The Labute approximate surface area is 191 Å². The SMILES string of the molecule is CCOC(=O)c1ccc(NC(=O)COc2ccccc2[C@H]2NC(=O)NC(C)=C2C(C)=O)cc1. The number of benzene rings is 2. The van der Waals surface area contributed by atoms with Crippen LogP contribution in [-0.2, 0) is 14.3 Å². The molecule has 0 fully saturated rings. The fourth-order valence-electron chi connectivity index (χ4n) is 3.49. The molecule has 3 amide bonds. The van der Waals surface area contributed by atoms with E-state index in [0.717, 1.165) is 0 Å². The van der Waals surface area contributed by atoms with E-state index in [4.69, 9.17) is 9.47 Å². The Bertz CT molecular complexity index is 1110. The summed E-state index contributed by atoms with van der Waals surface area (Å²) >= 11 is 0. The smallest absolute Gasteiger partial charge is 0.338 e. The largest absolute Gasteiger partial charge is 0.483 e. The van der Waals surface area contributed by atoms with Gasteiger partial charge >= 0.3 is 12.0 Å². The Hall–Kier alpha value is -4.14. The number of allylic oxidation sites excluding steroid dienone is 1. The summed E-state index contributed by atoms with van der Waals surface area (Å²) in [7, 11) is 0. The highest BCUT2D eigenvalue weighted by Crippen LogP contribution is 2.33. The van der Waals surface area contributed by atoms with Gasteiger partial charge in [-0.2, -0.15) is 0 Å². The summed E-state index contributed by atoms with van der Waals surface area (Å²) in [5.41, 5.74) is 2.32. The molecule has 1 aliphatic rings.